The third kappa shape index (κ3) is 4.18. The number of fused-ring (bicyclic) bond motifs is 5. The smallest absolute Gasteiger partial charge is 1.00 e. The van der Waals surface area contributed by atoms with Crippen LogP contribution in [0.15, 0.2) is 0 Å². The Labute approximate surface area is 211 Å². The maximum absolute atomic E-state index is 11.7. The normalized spacial score (nSPS) is 49.8. The number of aliphatic hydroxyl groups is 3. The van der Waals surface area contributed by atoms with Crippen molar-refractivity contribution in [3.05, 3.63) is 0 Å². The van der Waals surface area contributed by atoms with Crippen LogP contribution in [0.5, 0.6) is 0 Å². The average Bonchev–Trinajstić information content (AvgIpc) is 3.06. The molecule has 31 heavy (non-hydrogen) atoms. The summed E-state index contributed by atoms with van der Waals surface area (Å²) in [7, 11) is 1.44. The van der Waals surface area contributed by atoms with E-state index in [-0.39, 0.29) is 72.0 Å². The van der Waals surface area contributed by atoms with Crippen molar-refractivity contribution in [3.63, 3.8) is 0 Å². The standard InChI is InChI=1S/C25H42O5.Na.H/c1-14(5-8-22(29)30-4)17-6-7-18-23-19(13-21(28)25(17,18)3)24(2)10-9-16(26)11-15(24)12-20(23)27;;/h14-21,23,26-28H,5-13H2,1-4H3;;/q;+1;-1/t14-,15+,16-,17-,18+,19+,20-,21+,23+,24+,25-;;/m1../s1. The Bertz CT molecular complexity index is 664. The van der Waals surface area contributed by atoms with Crippen molar-refractivity contribution < 1.29 is 55.8 Å². The molecule has 0 saturated heterocycles. The molecule has 0 radical (unpaired) electrons. The predicted octanol–water partition coefficient (Wildman–Crippen LogP) is 0.654. The maximum atomic E-state index is 11.7. The molecule has 0 spiro atoms. The summed E-state index contributed by atoms with van der Waals surface area (Å²) in [5.74, 6) is 1.81. The van der Waals surface area contributed by atoms with E-state index >= 15 is 0 Å². The van der Waals surface area contributed by atoms with Crippen LogP contribution in [0.25, 0.3) is 0 Å². The van der Waals surface area contributed by atoms with Crippen LogP contribution < -0.4 is 29.6 Å². The first-order valence-corrected chi connectivity index (χ1v) is 12.2. The zero-order chi connectivity index (χ0) is 21.8. The van der Waals surface area contributed by atoms with Gasteiger partial charge in [0.15, 0.2) is 0 Å². The van der Waals surface area contributed by atoms with Gasteiger partial charge >= 0.3 is 35.5 Å². The molecule has 0 aromatic heterocycles. The molecule has 0 heterocycles. The van der Waals surface area contributed by atoms with Gasteiger partial charge in [0.05, 0.1) is 25.4 Å². The Morgan fingerprint density at radius 1 is 1.10 bits per heavy atom. The van der Waals surface area contributed by atoms with E-state index in [1.807, 2.05) is 0 Å². The molecule has 0 aromatic carbocycles. The number of hydrogen-bond acceptors (Lipinski definition) is 5. The molecule has 11 atom stereocenters. The van der Waals surface area contributed by atoms with Gasteiger partial charge in [0.25, 0.3) is 0 Å². The van der Waals surface area contributed by atoms with Gasteiger partial charge < -0.3 is 21.5 Å². The number of rotatable bonds is 4. The predicted molar refractivity (Wildman–Crippen MR) is 116 cm³/mol. The molecule has 0 unspecified atom stereocenters. The van der Waals surface area contributed by atoms with Crippen molar-refractivity contribution in [2.45, 2.75) is 96.9 Å². The molecule has 0 amide bonds. The Morgan fingerprint density at radius 2 is 1.81 bits per heavy atom. The topological polar surface area (TPSA) is 87.0 Å². The van der Waals surface area contributed by atoms with Crippen LogP contribution in [0, 0.1) is 46.3 Å². The van der Waals surface area contributed by atoms with Gasteiger partial charge in [0.2, 0.25) is 0 Å². The number of ether oxygens (including phenoxy) is 1. The van der Waals surface area contributed by atoms with E-state index in [1.165, 1.54) is 7.11 Å². The molecule has 6 heteroatoms. The fourth-order valence-electron chi connectivity index (χ4n) is 8.78. The summed E-state index contributed by atoms with van der Waals surface area (Å²) in [6.45, 7) is 6.85. The number of methoxy groups -OCH3 is 1. The molecule has 4 aliphatic rings. The van der Waals surface area contributed by atoms with E-state index in [0.29, 0.717) is 36.0 Å². The van der Waals surface area contributed by atoms with E-state index < -0.39 is 0 Å². The molecule has 4 fully saturated rings. The van der Waals surface area contributed by atoms with Crippen LogP contribution in [-0.2, 0) is 9.53 Å². The minimum absolute atomic E-state index is 0. The average molecular weight is 447 g/mol. The summed E-state index contributed by atoms with van der Waals surface area (Å²) in [5.41, 5.74) is -0.0882. The van der Waals surface area contributed by atoms with Gasteiger partial charge in [0, 0.05) is 6.42 Å². The first kappa shape index (κ1) is 26.0. The van der Waals surface area contributed by atoms with Crippen LogP contribution in [0.3, 0.4) is 0 Å². The molecule has 4 rings (SSSR count). The molecular formula is C25H43NaO5. The largest absolute Gasteiger partial charge is 1.00 e. The van der Waals surface area contributed by atoms with E-state index in [1.54, 1.807) is 0 Å². The number of carbonyl (C=O) groups is 1. The van der Waals surface area contributed by atoms with Gasteiger partial charge in [-0.25, -0.2) is 0 Å². The second-order valence-corrected chi connectivity index (χ2v) is 11.6. The van der Waals surface area contributed by atoms with Gasteiger partial charge in [-0.15, -0.1) is 0 Å². The SMILES string of the molecule is COC(=O)CC[C@@H](C)[C@H]1CC[C@H]2[C@@H]3[C@H](O)C[C@@H]4C[C@H](O)CC[C@]4(C)[C@H]3C[C@H](O)[C@]12C.[H-].[Na+]. The quantitative estimate of drug-likeness (QED) is 0.436. The monoisotopic (exact) mass is 446 g/mol. The van der Waals surface area contributed by atoms with E-state index in [9.17, 15) is 20.1 Å². The number of aliphatic hydroxyl groups excluding tert-OH is 3. The van der Waals surface area contributed by atoms with Crippen LogP contribution >= 0.6 is 0 Å². The van der Waals surface area contributed by atoms with Crippen LogP contribution in [0.1, 0.15) is 80.0 Å². The van der Waals surface area contributed by atoms with E-state index in [0.717, 1.165) is 51.4 Å². The zero-order valence-electron chi connectivity index (χ0n) is 21.2. The molecular weight excluding hydrogens is 403 g/mol. The van der Waals surface area contributed by atoms with Gasteiger partial charge in [-0.3, -0.25) is 4.79 Å². The summed E-state index contributed by atoms with van der Waals surface area (Å²) in [6.07, 6.45) is 6.60. The van der Waals surface area contributed by atoms with Gasteiger partial charge in [-0.2, -0.15) is 0 Å². The Kier molecular flexibility index (Phi) is 7.99. The second kappa shape index (κ2) is 9.54. The van der Waals surface area contributed by atoms with E-state index in [2.05, 4.69) is 20.8 Å². The fraction of sp³-hybridized carbons (Fsp3) is 0.960. The first-order chi connectivity index (χ1) is 14.1. The molecule has 5 nitrogen and oxygen atoms in total. The summed E-state index contributed by atoms with van der Waals surface area (Å²) in [6, 6.07) is 0. The summed E-state index contributed by atoms with van der Waals surface area (Å²) in [4.78, 5) is 11.7. The van der Waals surface area contributed by atoms with Gasteiger partial charge in [-0.1, -0.05) is 20.8 Å². The molecule has 4 saturated carbocycles. The molecule has 0 aliphatic heterocycles. The Balaban J connectivity index is 0.00000181. The third-order valence-electron chi connectivity index (χ3n) is 10.6. The number of carbonyl (C=O) groups excluding carboxylic acids is 1. The molecule has 4 aliphatic carbocycles. The van der Waals surface area contributed by atoms with Crippen molar-refractivity contribution in [1.82, 2.24) is 0 Å². The van der Waals surface area contributed by atoms with Crippen LogP contribution in [0.4, 0.5) is 0 Å². The van der Waals surface area contributed by atoms with E-state index in [4.69, 9.17) is 4.74 Å². The number of esters is 1. The molecule has 3 N–H and O–H groups in total. The number of hydrogen-bond donors (Lipinski definition) is 3. The molecule has 174 valence electrons. The second-order valence-electron chi connectivity index (χ2n) is 11.6. The molecule has 0 aromatic rings. The van der Waals surface area contributed by atoms with Crippen LogP contribution in [-0.4, -0.2) is 46.7 Å². The fourth-order valence-corrected chi connectivity index (χ4v) is 8.78. The summed E-state index contributed by atoms with van der Waals surface area (Å²) >= 11 is 0. The summed E-state index contributed by atoms with van der Waals surface area (Å²) < 4.78 is 4.83. The third-order valence-corrected chi connectivity index (χ3v) is 10.6. The minimum atomic E-state index is -0.369. The van der Waals surface area contributed by atoms with Crippen molar-refractivity contribution in [3.8, 4) is 0 Å². The summed E-state index contributed by atoms with van der Waals surface area (Å²) in [5, 5.41) is 33.1. The Morgan fingerprint density at radius 3 is 2.48 bits per heavy atom. The van der Waals surface area contributed by atoms with Gasteiger partial charge in [0.1, 0.15) is 0 Å². The zero-order valence-corrected chi connectivity index (χ0v) is 22.2. The Hall–Kier alpha value is 0.350. The van der Waals surface area contributed by atoms with Crippen molar-refractivity contribution in [1.29, 1.82) is 0 Å². The van der Waals surface area contributed by atoms with Crippen LogP contribution in [0.2, 0.25) is 0 Å². The molecule has 0 bridgehead atoms. The minimum Gasteiger partial charge on any atom is -1.00 e. The maximum Gasteiger partial charge on any atom is 1.00 e. The van der Waals surface area contributed by atoms with Crippen molar-refractivity contribution in [2.24, 2.45) is 46.3 Å². The van der Waals surface area contributed by atoms with Gasteiger partial charge in [-0.05, 0) is 97.7 Å². The van der Waals surface area contributed by atoms with Crippen molar-refractivity contribution >= 4 is 5.97 Å². The first-order valence-electron chi connectivity index (χ1n) is 12.2. The van der Waals surface area contributed by atoms with Crippen molar-refractivity contribution in [2.75, 3.05) is 7.11 Å².